The van der Waals surface area contributed by atoms with E-state index in [1.54, 1.807) is 0 Å². The SMILES string of the molecule is CC(C)(C)c1ccc2c(c1)B1c3cc(C(C)(C)C)ccc3N(c3c(-c4ccccc4-c4ccccc4)cccc3-c3ccccc3-c3ccccc3)c3cc(-n4c5ccccc5c5ccccc54)cc(c31)N2c1c(-c2ccccc2-c2ccccc2)cccc1-c1ccccc1-c1ccccc1. The summed E-state index contributed by atoms with van der Waals surface area (Å²) < 4.78 is 2.55. The zero-order valence-electron chi connectivity index (χ0n) is 58.4. The zero-order chi connectivity index (χ0) is 68.8. The third kappa shape index (κ3) is 10.4. The number of nitrogens with zero attached hydrogens (tertiary/aromatic N) is 3. The van der Waals surface area contributed by atoms with Crippen LogP contribution in [0.1, 0.15) is 52.7 Å². The van der Waals surface area contributed by atoms with Crippen molar-refractivity contribution in [1.82, 2.24) is 4.57 Å². The van der Waals surface area contributed by atoms with Gasteiger partial charge in [-0.1, -0.05) is 357 Å². The lowest BCUT2D eigenvalue weighted by Crippen LogP contribution is -2.62. The predicted molar refractivity (Wildman–Crippen MR) is 436 cm³/mol. The summed E-state index contributed by atoms with van der Waals surface area (Å²) in [5.74, 6) is 0. The molecule has 102 heavy (non-hydrogen) atoms. The first-order chi connectivity index (χ1) is 49.9. The molecule has 0 radical (unpaired) electrons. The van der Waals surface area contributed by atoms with E-state index in [1.807, 2.05) is 0 Å². The Kier molecular flexibility index (Phi) is 15.1. The number of fused-ring (bicyclic) bond motifs is 7. The molecular weight excluding hydrogens is 1230 g/mol. The van der Waals surface area contributed by atoms with E-state index in [2.05, 4.69) is 408 Å². The van der Waals surface area contributed by atoms with Crippen LogP contribution in [0.2, 0.25) is 0 Å². The van der Waals surface area contributed by atoms with E-state index in [4.69, 9.17) is 0 Å². The highest BCUT2D eigenvalue weighted by Crippen LogP contribution is 2.56. The van der Waals surface area contributed by atoms with Crippen LogP contribution < -0.4 is 26.2 Å². The van der Waals surface area contributed by atoms with E-state index in [9.17, 15) is 0 Å². The first kappa shape index (κ1) is 62.0. The molecule has 2 aliphatic heterocycles. The summed E-state index contributed by atoms with van der Waals surface area (Å²) in [6.45, 7) is 14.0. The van der Waals surface area contributed by atoms with Crippen LogP contribution in [0.25, 0.3) is 117 Å². The summed E-state index contributed by atoms with van der Waals surface area (Å²) in [5.41, 5.74) is 34.4. The maximum atomic E-state index is 2.72. The van der Waals surface area contributed by atoms with E-state index in [0.29, 0.717) is 0 Å². The summed E-state index contributed by atoms with van der Waals surface area (Å²) >= 11 is 0. The number of para-hydroxylation sites is 4. The summed E-state index contributed by atoms with van der Waals surface area (Å²) in [6.07, 6.45) is 0. The van der Waals surface area contributed by atoms with Crippen LogP contribution in [0.4, 0.5) is 34.1 Å². The van der Waals surface area contributed by atoms with Gasteiger partial charge in [-0.15, -0.1) is 0 Å². The third-order valence-corrected chi connectivity index (χ3v) is 21.3. The second-order valence-corrected chi connectivity index (χ2v) is 29.5. The lowest BCUT2D eigenvalue weighted by molar-refractivity contribution is 0.590. The van der Waals surface area contributed by atoms with Gasteiger partial charge < -0.3 is 14.4 Å². The number of hydrogen-bond acceptors (Lipinski definition) is 2. The van der Waals surface area contributed by atoms with E-state index < -0.39 is 0 Å². The van der Waals surface area contributed by atoms with Gasteiger partial charge in [0, 0.05) is 55.8 Å². The molecule has 0 N–H and O–H groups in total. The minimum Gasteiger partial charge on any atom is -0.310 e. The standard InChI is InChI=1S/C98H76BN3/c1-97(2,3)69-57-59-90-86(61-69)99-87-62-70(98(4,5)6)58-60-91(87)102(96-84(78-47-25-21-43-74(78)67-37-15-9-16-38-67)53-32-54-85(96)79-48-26-22-44-75(79)68-39-17-10-18-40-68)93-64-71(100-88-55-29-27-49-80(88)81-50-28-30-56-89(81)100)63-92(94(93)99)101(90)95-82(76-45-23-19-41-72(76)65-33-11-7-12-34-65)51-31-52-83(95)77-46-24-20-42-73(77)66-35-13-8-14-36-66/h7-64H,1-6H3. The zero-order valence-corrected chi connectivity index (χ0v) is 58.4. The first-order valence-corrected chi connectivity index (χ1v) is 35.9. The molecule has 1 aromatic heterocycles. The molecule has 15 aromatic carbocycles. The molecule has 0 unspecified atom stereocenters. The topological polar surface area (TPSA) is 11.4 Å². The van der Waals surface area contributed by atoms with Gasteiger partial charge in [0.05, 0.1) is 28.1 Å². The second-order valence-electron chi connectivity index (χ2n) is 29.5. The Balaban J connectivity index is 1.06. The highest BCUT2D eigenvalue weighted by molar-refractivity contribution is 7.00. The fourth-order valence-corrected chi connectivity index (χ4v) is 16.5. The monoisotopic (exact) mass is 1310 g/mol. The summed E-state index contributed by atoms with van der Waals surface area (Å²) in [6, 6.07) is 132. The molecule has 0 atom stereocenters. The van der Waals surface area contributed by atoms with Crippen LogP contribution in [0.5, 0.6) is 0 Å². The number of benzene rings is 15. The van der Waals surface area contributed by atoms with Crippen molar-refractivity contribution in [2.75, 3.05) is 9.80 Å². The van der Waals surface area contributed by atoms with E-state index in [-0.39, 0.29) is 17.5 Å². The molecule has 486 valence electrons. The van der Waals surface area contributed by atoms with Gasteiger partial charge in [-0.2, -0.15) is 0 Å². The summed E-state index contributed by atoms with van der Waals surface area (Å²) in [7, 11) is 0. The Bertz CT molecular complexity index is 5360. The Morgan fingerprint density at radius 2 is 0.510 bits per heavy atom. The molecule has 0 fully saturated rings. The molecule has 3 heterocycles. The largest absolute Gasteiger partial charge is 0.310 e. The minimum absolute atomic E-state index is 0.196. The van der Waals surface area contributed by atoms with Crippen LogP contribution in [0.3, 0.4) is 0 Å². The number of rotatable bonds is 11. The van der Waals surface area contributed by atoms with E-state index in [1.165, 1.54) is 38.3 Å². The van der Waals surface area contributed by atoms with Gasteiger partial charge in [-0.05, 0) is 142 Å². The van der Waals surface area contributed by atoms with Crippen molar-refractivity contribution < 1.29 is 0 Å². The minimum atomic E-state index is -0.239. The van der Waals surface area contributed by atoms with Crippen LogP contribution in [0, 0.1) is 0 Å². The molecule has 3 nitrogen and oxygen atoms in total. The normalized spacial score (nSPS) is 12.5. The molecule has 0 spiro atoms. The second kappa shape index (κ2) is 24.9. The lowest BCUT2D eigenvalue weighted by atomic mass is 9.33. The lowest BCUT2D eigenvalue weighted by Gasteiger charge is -2.46. The average molecular weight is 1310 g/mol. The summed E-state index contributed by atoms with van der Waals surface area (Å²) in [5, 5.41) is 2.41. The summed E-state index contributed by atoms with van der Waals surface area (Å²) in [4.78, 5) is 5.45. The van der Waals surface area contributed by atoms with Crippen LogP contribution >= 0.6 is 0 Å². The molecule has 16 aromatic rings. The molecule has 2 aliphatic rings. The average Bonchev–Trinajstić information content (AvgIpc) is 0.760. The van der Waals surface area contributed by atoms with Crippen molar-refractivity contribution in [1.29, 1.82) is 0 Å². The van der Waals surface area contributed by atoms with Crippen molar-refractivity contribution in [3.63, 3.8) is 0 Å². The maximum Gasteiger partial charge on any atom is 0.252 e. The van der Waals surface area contributed by atoms with Gasteiger partial charge in [-0.3, -0.25) is 0 Å². The Hall–Kier alpha value is -12.2. The molecule has 0 saturated heterocycles. The van der Waals surface area contributed by atoms with Crippen molar-refractivity contribution in [3.05, 3.63) is 363 Å². The van der Waals surface area contributed by atoms with E-state index in [0.717, 1.165) is 140 Å². The van der Waals surface area contributed by atoms with Crippen LogP contribution in [-0.4, -0.2) is 11.3 Å². The van der Waals surface area contributed by atoms with Gasteiger partial charge in [0.1, 0.15) is 0 Å². The van der Waals surface area contributed by atoms with Crippen molar-refractivity contribution in [3.8, 4) is 94.7 Å². The van der Waals surface area contributed by atoms with Gasteiger partial charge >= 0.3 is 0 Å². The molecule has 0 aliphatic carbocycles. The molecule has 0 saturated carbocycles. The highest BCUT2D eigenvalue weighted by atomic mass is 15.2. The van der Waals surface area contributed by atoms with Crippen molar-refractivity contribution >= 4 is 79.0 Å². The van der Waals surface area contributed by atoms with Crippen LogP contribution in [-0.2, 0) is 10.8 Å². The van der Waals surface area contributed by atoms with Gasteiger partial charge in [0.15, 0.2) is 0 Å². The molecule has 0 bridgehead atoms. The third-order valence-electron chi connectivity index (χ3n) is 21.3. The van der Waals surface area contributed by atoms with Gasteiger partial charge in [0.2, 0.25) is 0 Å². The maximum absolute atomic E-state index is 2.72. The Labute approximate surface area is 599 Å². The number of anilines is 6. The Morgan fingerprint density at radius 3 is 0.824 bits per heavy atom. The van der Waals surface area contributed by atoms with Crippen molar-refractivity contribution in [2.24, 2.45) is 0 Å². The molecule has 18 rings (SSSR count). The predicted octanol–water partition coefficient (Wildman–Crippen LogP) is 24.8. The van der Waals surface area contributed by atoms with E-state index >= 15 is 0 Å². The van der Waals surface area contributed by atoms with Crippen LogP contribution in [0.15, 0.2) is 352 Å². The quantitative estimate of drug-likeness (QED) is 0.120. The highest BCUT2D eigenvalue weighted by Gasteiger charge is 2.47. The first-order valence-electron chi connectivity index (χ1n) is 35.9. The number of aromatic nitrogens is 1. The molecular formula is C98H76BN3. The molecule has 4 heteroatoms. The Morgan fingerprint density at radius 1 is 0.235 bits per heavy atom. The fourth-order valence-electron chi connectivity index (χ4n) is 16.5. The molecule has 0 amide bonds. The fraction of sp³-hybridized carbons (Fsp3) is 0.0816. The number of hydrogen-bond donors (Lipinski definition) is 0. The smallest absolute Gasteiger partial charge is 0.252 e. The van der Waals surface area contributed by atoms with Crippen molar-refractivity contribution in [2.45, 2.75) is 52.4 Å². The van der Waals surface area contributed by atoms with Gasteiger partial charge in [-0.25, -0.2) is 0 Å². The van der Waals surface area contributed by atoms with Gasteiger partial charge in [0.25, 0.3) is 6.71 Å².